The fourth-order valence-electron chi connectivity index (χ4n) is 4.80. The van der Waals surface area contributed by atoms with Crippen LogP contribution in [0.25, 0.3) is 28.2 Å². The van der Waals surface area contributed by atoms with Gasteiger partial charge in [-0.2, -0.15) is 0 Å². The Balaban J connectivity index is 1.45. The molecule has 9 heteroatoms. The van der Waals surface area contributed by atoms with Crippen molar-refractivity contribution in [3.8, 4) is 17.1 Å². The summed E-state index contributed by atoms with van der Waals surface area (Å²) in [5.41, 5.74) is 4.35. The van der Waals surface area contributed by atoms with Gasteiger partial charge in [-0.3, -0.25) is 9.13 Å². The minimum Gasteiger partial charge on any atom is -0.324 e. The summed E-state index contributed by atoms with van der Waals surface area (Å²) in [6.07, 6.45) is 5.02. The summed E-state index contributed by atoms with van der Waals surface area (Å²) in [5, 5.41) is 0.319. The Morgan fingerprint density at radius 1 is 0.970 bits per heavy atom. The van der Waals surface area contributed by atoms with Crippen LogP contribution in [0.2, 0.25) is 5.15 Å². The molecule has 0 spiro atoms. The van der Waals surface area contributed by atoms with E-state index in [1.807, 2.05) is 34.9 Å². The molecule has 33 heavy (non-hydrogen) atoms. The summed E-state index contributed by atoms with van der Waals surface area (Å²) in [5.74, 6) is 1.26. The van der Waals surface area contributed by atoms with Gasteiger partial charge in [0.25, 0.3) is 0 Å². The van der Waals surface area contributed by atoms with Gasteiger partial charge in [-0.05, 0) is 55.2 Å². The molecule has 1 aliphatic carbocycles. The molecule has 0 amide bonds. The molecule has 5 rings (SSSR count). The second kappa shape index (κ2) is 8.99. The molecule has 0 saturated heterocycles. The van der Waals surface area contributed by atoms with E-state index < -0.39 is 7.60 Å². The first kappa shape index (κ1) is 22.2. The first-order valence-corrected chi connectivity index (χ1v) is 13.2. The molecule has 1 saturated carbocycles. The number of halogens is 1. The summed E-state index contributed by atoms with van der Waals surface area (Å²) >= 11 is 6.32. The lowest BCUT2D eigenvalue weighted by Gasteiger charge is -2.29. The Morgan fingerprint density at radius 3 is 2.33 bits per heavy atom. The standard InChI is InChI=1S/C24H24ClN4O3P/c25-22-21-24(27-15-26-22)29(23(28-21)19-4-2-1-3-5-19)20-12-10-18(11-13-20)17-8-6-16(7-9-17)14-33(30,31)32/h1-5,10-13,15-17H,6-9,14H2,(H2,30,31,32)/t16-,17-. The highest BCUT2D eigenvalue weighted by Gasteiger charge is 2.27. The summed E-state index contributed by atoms with van der Waals surface area (Å²) in [7, 11) is -3.94. The molecule has 1 fully saturated rings. The van der Waals surface area contributed by atoms with Crippen LogP contribution >= 0.6 is 19.2 Å². The van der Waals surface area contributed by atoms with Gasteiger partial charge < -0.3 is 9.79 Å². The van der Waals surface area contributed by atoms with Gasteiger partial charge in [0.05, 0.1) is 6.16 Å². The first-order valence-electron chi connectivity index (χ1n) is 11.0. The van der Waals surface area contributed by atoms with Crippen LogP contribution in [0.4, 0.5) is 0 Å². The third-order valence-electron chi connectivity index (χ3n) is 6.40. The largest absolute Gasteiger partial charge is 0.325 e. The van der Waals surface area contributed by atoms with Crippen molar-refractivity contribution in [2.75, 3.05) is 6.16 Å². The maximum Gasteiger partial charge on any atom is 0.325 e. The Bertz CT molecular complexity index is 1310. The lowest BCUT2D eigenvalue weighted by Crippen LogP contribution is -2.16. The number of aromatic nitrogens is 4. The van der Waals surface area contributed by atoms with Crippen LogP contribution in [0, 0.1) is 5.92 Å². The van der Waals surface area contributed by atoms with Gasteiger partial charge in [0.15, 0.2) is 10.8 Å². The minimum absolute atomic E-state index is 0.000951. The second-order valence-electron chi connectivity index (χ2n) is 8.63. The molecule has 4 aromatic rings. The maximum absolute atomic E-state index is 11.3. The van der Waals surface area contributed by atoms with Gasteiger partial charge in [0.1, 0.15) is 17.7 Å². The van der Waals surface area contributed by atoms with E-state index in [-0.39, 0.29) is 12.1 Å². The zero-order chi connectivity index (χ0) is 23.0. The molecule has 7 nitrogen and oxygen atoms in total. The van der Waals surface area contributed by atoms with E-state index in [1.54, 1.807) is 0 Å². The zero-order valence-corrected chi connectivity index (χ0v) is 19.5. The fourth-order valence-corrected chi connectivity index (χ4v) is 6.01. The van der Waals surface area contributed by atoms with E-state index >= 15 is 0 Å². The van der Waals surface area contributed by atoms with Gasteiger partial charge in [-0.1, -0.05) is 54.1 Å². The van der Waals surface area contributed by atoms with E-state index in [1.165, 1.54) is 11.9 Å². The second-order valence-corrected chi connectivity index (χ2v) is 10.7. The number of benzene rings is 2. The van der Waals surface area contributed by atoms with Crippen molar-refractivity contribution in [2.24, 2.45) is 5.92 Å². The molecule has 0 atom stereocenters. The molecular formula is C24H24ClN4O3P. The highest BCUT2D eigenvalue weighted by molar-refractivity contribution is 7.51. The predicted octanol–water partition coefficient (Wildman–Crippen LogP) is 5.59. The Labute approximate surface area is 196 Å². The summed E-state index contributed by atoms with van der Waals surface area (Å²) in [6, 6.07) is 18.3. The number of rotatable bonds is 5. The van der Waals surface area contributed by atoms with Crippen molar-refractivity contribution >= 4 is 30.4 Å². The van der Waals surface area contributed by atoms with Gasteiger partial charge in [0.2, 0.25) is 0 Å². The molecule has 2 heterocycles. The van der Waals surface area contributed by atoms with Crippen LogP contribution < -0.4 is 0 Å². The quantitative estimate of drug-likeness (QED) is 0.284. The van der Waals surface area contributed by atoms with Crippen molar-refractivity contribution in [1.29, 1.82) is 0 Å². The Hall–Kier alpha value is -2.57. The molecule has 2 aromatic carbocycles. The van der Waals surface area contributed by atoms with Crippen molar-refractivity contribution in [2.45, 2.75) is 31.6 Å². The van der Waals surface area contributed by atoms with Gasteiger partial charge in [-0.25, -0.2) is 15.0 Å². The topological polar surface area (TPSA) is 101 Å². The van der Waals surface area contributed by atoms with Gasteiger partial charge in [-0.15, -0.1) is 0 Å². The summed E-state index contributed by atoms with van der Waals surface area (Å²) < 4.78 is 13.3. The number of hydrogen-bond acceptors (Lipinski definition) is 4. The monoisotopic (exact) mass is 482 g/mol. The number of nitrogens with zero attached hydrogens (tertiary/aromatic N) is 4. The molecule has 2 aromatic heterocycles. The molecule has 0 unspecified atom stereocenters. The van der Waals surface area contributed by atoms with E-state index in [0.717, 1.165) is 42.8 Å². The molecule has 2 N–H and O–H groups in total. The maximum atomic E-state index is 11.3. The third kappa shape index (κ3) is 4.73. The first-order chi connectivity index (χ1) is 15.9. The summed E-state index contributed by atoms with van der Waals surface area (Å²) in [4.78, 5) is 31.8. The van der Waals surface area contributed by atoms with Crippen LogP contribution in [0.1, 0.15) is 37.2 Å². The van der Waals surface area contributed by atoms with E-state index in [4.69, 9.17) is 16.6 Å². The van der Waals surface area contributed by atoms with Crippen molar-refractivity contribution in [3.05, 3.63) is 71.6 Å². The van der Waals surface area contributed by atoms with Crippen LogP contribution in [0.5, 0.6) is 0 Å². The average Bonchev–Trinajstić information content (AvgIpc) is 3.20. The highest BCUT2D eigenvalue weighted by Crippen LogP contribution is 2.44. The van der Waals surface area contributed by atoms with Crippen molar-refractivity contribution in [3.63, 3.8) is 0 Å². The molecule has 0 bridgehead atoms. The SMILES string of the molecule is O=P(O)(O)C[C@H]1CC[C@H](c2ccc(-n3c(-c4ccccc4)nc4c(Cl)ncnc43)cc2)CC1. The molecule has 170 valence electrons. The number of fused-ring (bicyclic) bond motifs is 1. The fraction of sp³-hybridized carbons (Fsp3) is 0.292. The van der Waals surface area contributed by atoms with Crippen LogP contribution in [-0.4, -0.2) is 35.5 Å². The van der Waals surface area contributed by atoms with E-state index in [2.05, 4.69) is 34.2 Å². The minimum atomic E-state index is -3.94. The molecule has 0 aliphatic heterocycles. The van der Waals surface area contributed by atoms with Crippen molar-refractivity contribution < 1.29 is 14.4 Å². The summed E-state index contributed by atoms with van der Waals surface area (Å²) in [6.45, 7) is 0. The van der Waals surface area contributed by atoms with E-state index in [0.29, 0.717) is 22.2 Å². The molecule has 0 radical (unpaired) electrons. The third-order valence-corrected chi connectivity index (χ3v) is 7.67. The van der Waals surface area contributed by atoms with Crippen LogP contribution in [-0.2, 0) is 4.57 Å². The smallest absolute Gasteiger partial charge is 0.324 e. The zero-order valence-electron chi connectivity index (χ0n) is 17.9. The van der Waals surface area contributed by atoms with Crippen LogP contribution in [0.15, 0.2) is 60.9 Å². The number of imidazole rings is 1. The predicted molar refractivity (Wildman–Crippen MR) is 129 cm³/mol. The molecule has 1 aliphatic rings. The van der Waals surface area contributed by atoms with Gasteiger partial charge in [0, 0.05) is 11.3 Å². The van der Waals surface area contributed by atoms with Gasteiger partial charge >= 0.3 is 7.60 Å². The number of hydrogen-bond donors (Lipinski definition) is 2. The Morgan fingerprint density at radius 2 is 1.67 bits per heavy atom. The van der Waals surface area contributed by atoms with Crippen LogP contribution in [0.3, 0.4) is 0 Å². The molecular weight excluding hydrogens is 459 g/mol. The average molecular weight is 483 g/mol. The van der Waals surface area contributed by atoms with Crippen molar-refractivity contribution in [1.82, 2.24) is 19.5 Å². The highest BCUT2D eigenvalue weighted by atomic mass is 35.5. The van der Waals surface area contributed by atoms with E-state index in [9.17, 15) is 14.4 Å². The Kier molecular flexibility index (Phi) is 6.06. The lowest BCUT2D eigenvalue weighted by atomic mass is 9.79. The lowest BCUT2D eigenvalue weighted by molar-refractivity contribution is 0.316. The normalized spacial score (nSPS) is 19.1.